The Morgan fingerprint density at radius 3 is 2.37 bits per heavy atom. The van der Waals surface area contributed by atoms with E-state index in [2.05, 4.69) is 5.32 Å². The average molecular weight is 262 g/mol. The van der Waals surface area contributed by atoms with Crippen molar-refractivity contribution in [2.24, 2.45) is 0 Å². The molecule has 2 aromatic rings. The van der Waals surface area contributed by atoms with Gasteiger partial charge in [-0.3, -0.25) is 0 Å². The normalized spacial score (nSPS) is 10.3. The molecule has 0 fully saturated rings. The maximum atomic E-state index is 13.4. The lowest BCUT2D eigenvalue weighted by Gasteiger charge is -2.19. The first kappa shape index (κ1) is 13.3. The summed E-state index contributed by atoms with van der Waals surface area (Å²) in [5.41, 5.74) is 1.42. The Kier molecular flexibility index (Phi) is 4.34. The number of halogens is 2. The maximum Gasteiger partial charge on any atom is 0.146 e. The van der Waals surface area contributed by atoms with Crippen molar-refractivity contribution >= 4 is 11.4 Å². The van der Waals surface area contributed by atoms with Gasteiger partial charge in [0.2, 0.25) is 0 Å². The molecule has 0 radical (unpaired) electrons. The first-order chi connectivity index (χ1) is 9.16. The topological polar surface area (TPSA) is 15.3 Å². The summed E-state index contributed by atoms with van der Waals surface area (Å²) in [4.78, 5) is 1.98. The highest BCUT2D eigenvalue weighted by Crippen LogP contribution is 2.14. The minimum atomic E-state index is -0.257. The molecule has 0 heterocycles. The minimum absolute atomic E-state index is 0.248. The van der Waals surface area contributed by atoms with E-state index in [4.69, 9.17) is 0 Å². The Bertz CT molecular complexity index is 526. The monoisotopic (exact) mass is 262 g/mol. The van der Waals surface area contributed by atoms with Crippen molar-refractivity contribution in [1.82, 2.24) is 0 Å². The van der Waals surface area contributed by atoms with Crippen LogP contribution in [0.25, 0.3) is 0 Å². The van der Waals surface area contributed by atoms with E-state index in [9.17, 15) is 8.78 Å². The molecule has 100 valence electrons. The van der Waals surface area contributed by atoms with E-state index in [-0.39, 0.29) is 11.6 Å². The van der Waals surface area contributed by atoms with Crippen LogP contribution in [0.4, 0.5) is 20.2 Å². The molecule has 0 bridgehead atoms. The second-order valence-corrected chi connectivity index (χ2v) is 4.30. The van der Waals surface area contributed by atoms with Gasteiger partial charge in [0, 0.05) is 25.8 Å². The lowest BCUT2D eigenvalue weighted by Crippen LogP contribution is -2.24. The van der Waals surface area contributed by atoms with Crippen LogP contribution in [0.1, 0.15) is 0 Å². The summed E-state index contributed by atoms with van der Waals surface area (Å²) < 4.78 is 26.2. The summed E-state index contributed by atoms with van der Waals surface area (Å²) in [5.74, 6) is -0.506. The quantitative estimate of drug-likeness (QED) is 0.887. The van der Waals surface area contributed by atoms with Crippen LogP contribution >= 0.6 is 0 Å². The van der Waals surface area contributed by atoms with E-state index in [0.29, 0.717) is 18.8 Å². The number of benzene rings is 2. The highest BCUT2D eigenvalue weighted by Gasteiger charge is 2.02. The first-order valence-electron chi connectivity index (χ1n) is 6.12. The summed E-state index contributed by atoms with van der Waals surface area (Å²) in [6.07, 6.45) is 0. The molecule has 4 heteroatoms. The molecular formula is C15H16F2N2. The summed E-state index contributed by atoms with van der Waals surface area (Å²) in [5, 5.41) is 3.03. The van der Waals surface area contributed by atoms with Gasteiger partial charge in [0.1, 0.15) is 11.6 Å². The van der Waals surface area contributed by atoms with Gasteiger partial charge >= 0.3 is 0 Å². The molecule has 0 amide bonds. The van der Waals surface area contributed by atoms with Crippen molar-refractivity contribution in [3.63, 3.8) is 0 Å². The van der Waals surface area contributed by atoms with Crippen LogP contribution in [0, 0.1) is 11.6 Å². The fourth-order valence-corrected chi connectivity index (χ4v) is 1.79. The van der Waals surface area contributed by atoms with Crippen LogP contribution < -0.4 is 10.2 Å². The Morgan fingerprint density at radius 1 is 1.00 bits per heavy atom. The second kappa shape index (κ2) is 6.18. The third kappa shape index (κ3) is 3.68. The molecule has 0 saturated carbocycles. The van der Waals surface area contributed by atoms with Gasteiger partial charge in [-0.25, -0.2) is 8.78 Å². The number of para-hydroxylation sites is 1. The summed E-state index contributed by atoms with van der Waals surface area (Å²) in [7, 11) is 1.91. The zero-order chi connectivity index (χ0) is 13.7. The van der Waals surface area contributed by atoms with E-state index in [1.807, 2.05) is 11.9 Å². The fourth-order valence-electron chi connectivity index (χ4n) is 1.79. The lowest BCUT2D eigenvalue weighted by atomic mass is 10.3. The molecule has 0 saturated heterocycles. The Morgan fingerprint density at radius 2 is 1.68 bits per heavy atom. The summed E-state index contributed by atoms with van der Waals surface area (Å²) in [6, 6.07) is 12.9. The largest absolute Gasteiger partial charge is 0.381 e. The Balaban J connectivity index is 1.86. The molecule has 2 nitrogen and oxygen atoms in total. The molecule has 19 heavy (non-hydrogen) atoms. The minimum Gasteiger partial charge on any atom is -0.381 e. The SMILES string of the molecule is CN(CCNc1ccccc1F)c1ccc(F)cc1. The third-order valence-corrected chi connectivity index (χ3v) is 2.90. The van der Waals surface area contributed by atoms with Crippen molar-refractivity contribution in [3.05, 3.63) is 60.2 Å². The molecule has 1 N–H and O–H groups in total. The van der Waals surface area contributed by atoms with E-state index in [1.54, 1.807) is 30.3 Å². The van der Waals surface area contributed by atoms with Crippen molar-refractivity contribution in [1.29, 1.82) is 0 Å². The number of nitrogens with zero attached hydrogens (tertiary/aromatic N) is 1. The number of hydrogen-bond acceptors (Lipinski definition) is 2. The highest BCUT2D eigenvalue weighted by atomic mass is 19.1. The van der Waals surface area contributed by atoms with Crippen molar-refractivity contribution < 1.29 is 8.78 Å². The van der Waals surface area contributed by atoms with Gasteiger partial charge in [0.25, 0.3) is 0 Å². The number of hydrogen-bond donors (Lipinski definition) is 1. The van der Waals surface area contributed by atoms with E-state index >= 15 is 0 Å². The van der Waals surface area contributed by atoms with Crippen molar-refractivity contribution in [2.45, 2.75) is 0 Å². The molecule has 0 unspecified atom stereocenters. The zero-order valence-electron chi connectivity index (χ0n) is 10.7. The highest BCUT2D eigenvalue weighted by molar-refractivity contribution is 5.47. The number of nitrogens with one attached hydrogen (secondary N) is 1. The molecule has 2 rings (SSSR count). The Labute approximate surface area is 111 Å². The number of likely N-dealkylation sites (N-methyl/N-ethyl adjacent to an activating group) is 1. The molecule has 0 aliphatic rings. The van der Waals surface area contributed by atoms with Crippen LogP contribution in [0.2, 0.25) is 0 Å². The molecule has 0 aliphatic heterocycles. The van der Waals surface area contributed by atoms with E-state index in [1.165, 1.54) is 18.2 Å². The van der Waals surface area contributed by atoms with Crippen molar-refractivity contribution in [2.75, 3.05) is 30.4 Å². The molecular weight excluding hydrogens is 246 g/mol. The lowest BCUT2D eigenvalue weighted by molar-refractivity contribution is 0.627. The molecule has 0 aromatic heterocycles. The van der Waals surface area contributed by atoms with E-state index < -0.39 is 0 Å². The van der Waals surface area contributed by atoms with E-state index in [0.717, 1.165) is 5.69 Å². The van der Waals surface area contributed by atoms with Gasteiger partial charge in [-0.05, 0) is 36.4 Å². The van der Waals surface area contributed by atoms with Crippen LogP contribution in [0.3, 0.4) is 0 Å². The standard InChI is InChI=1S/C15H16F2N2/c1-19(13-8-6-12(16)7-9-13)11-10-18-15-5-3-2-4-14(15)17/h2-9,18H,10-11H2,1H3. The maximum absolute atomic E-state index is 13.4. The molecule has 2 aromatic carbocycles. The fraction of sp³-hybridized carbons (Fsp3) is 0.200. The smallest absolute Gasteiger partial charge is 0.146 e. The van der Waals surface area contributed by atoms with Gasteiger partial charge < -0.3 is 10.2 Å². The number of rotatable bonds is 5. The number of anilines is 2. The summed E-state index contributed by atoms with van der Waals surface area (Å²) >= 11 is 0. The van der Waals surface area contributed by atoms with Gasteiger partial charge in [0.15, 0.2) is 0 Å². The summed E-state index contributed by atoms with van der Waals surface area (Å²) in [6.45, 7) is 1.30. The average Bonchev–Trinajstić information content (AvgIpc) is 2.41. The van der Waals surface area contributed by atoms with Crippen LogP contribution in [-0.4, -0.2) is 20.1 Å². The Hall–Kier alpha value is -2.10. The second-order valence-electron chi connectivity index (χ2n) is 4.30. The predicted octanol–water partition coefficient (Wildman–Crippen LogP) is 3.51. The molecule has 0 atom stereocenters. The van der Waals surface area contributed by atoms with Gasteiger partial charge in [-0.2, -0.15) is 0 Å². The molecule has 0 aliphatic carbocycles. The van der Waals surface area contributed by atoms with Crippen LogP contribution in [0.15, 0.2) is 48.5 Å². The van der Waals surface area contributed by atoms with Gasteiger partial charge in [-0.1, -0.05) is 12.1 Å². The zero-order valence-corrected chi connectivity index (χ0v) is 10.7. The first-order valence-corrected chi connectivity index (χ1v) is 6.12. The molecule has 0 spiro atoms. The third-order valence-electron chi connectivity index (χ3n) is 2.90. The van der Waals surface area contributed by atoms with Gasteiger partial charge in [-0.15, -0.1) is 0 Å². The van der Waals surface area contributed by atoms with Crippen molar-refractivity contribution in [3.8, 4) is 0 Å². The predicted molar refractivity (Wildman–Crippen MR) is 74.6 cm³/mol. The van der Waals surface area contributed by atoms with Crippen LogP contribution in [-0.2, 0) is 0 Å². The van der Waals surface area contributed by atoms with Gasteiger partial charge in [0.05, 0.1) is 5.69 Å². The van der Waals surface area contributed by atoms with Crippen LogP contribution in [0.5, 0.6) is 0 Å².